The van der Waals surface area contributed by atoms with Crippen LogP contribution in [0.3, 0.4) is 0 Å². The van der Waals surface area contributed by atoms with E-state index in [-0.39, 0.29) is 0 Å². The maximum absolute atomic E-state index is 6.00. The molecule has 2 N–H and O–H groups in total. The second-order valence-corrected chi connectivity index (χ2v) is 4.78. The van der Waals surface area contributed by atoms with E-state index in [0.717, 1.165) is 25.0 Å². The van der Waals surface area contributed by atoms with Crippen LogP contribution in [0, 0.1) is 0 Å². The molecule has 1 aromatic rings. The van der Waals surface area contributed by atoms with Gasteiger partial charge < -0.3 is 10.5 Å². The maximum atomic E-state index is 6.00. The van der Waals surface area contributed by atoms with E-state index in [4.69, 9.17) is 10.5 Å². The molecule has 0 heterocycles. The highest BCUT2D eigenvalue weighted by Crippen LogP contribution is 2.35. The van der Waals surface area contributed by atoms with Crippen LogP contribution in [-0.4, -0.2) is 19.4 Å². The minimum atomic E-state index is 0.295. The van der Waals surface area contributed by atoms with E-state index in [1.54, 1.807) is 7.11 Å². The Kier molecular flexibility index (Phi) is 3.22. The summed E-state index contributed by atoms with van der Waals surface area (Å²) in [5, 5.41) is 0. The number of benzene rings is 1. The first-order chi connectivity index (χ1) is 7.26. The van der Waals surface area contributed by atoms with Crippen LogP contribution in [-0.2, 0) is 12.8 Å². The van der Waals surface area contributed by atoms with Gasteiger partial charge in [-0.25, -0.2) is 0 Å². The molecule has 0 unspecified atom stereocenters. The average Bonchev–Trinajstić information content (AvgIpc) is 2.27. The van der Waals surface area contributed by atoms with E-state index in [0.29, 0.717) is 6.04 Å². The van der Waals surface area contributed by atoms with Gasteiger partial charge in [0, 0.05) is 10.9 Å². The third-order valence-corrected chi connectivity index (χ3v) is 3.84. The van der Waals surface area contributed by atoms with Crippen LogP contribution >= 0.6 is 11.8 Å². The average molecular weight is 223 g/mol. The fraction of sp³-hybridized carbons (Fsp3) is 0.500. The molecule has 1 aliphatic carbocycles. The number of methoxy groups -OCH3 is 1. The van der Waals surface area contributed by atoms with Crippen molar-refractivity contribution in [3.8, 4) is 5.75 Å². The Hall–Kier alpha value is -0.670. The Morgan fingerprint density at radius 1 is 1.40 bits per heavy atom. The lowest BCUT2D eigenvalue weighted by molar-refractivity contribution is 0.402. The van der Waals surface area contributed by atoms with Crippen molar-refractivity contribution in [2.75, 3.05) is 13.4 Å². The van der Waals surface area contributed by atoms with E-state index >= 15 is 0 Å². The molecule has 2 rings (SSSR count). The minimum Gasteiger partial charge on any atom is -0.496 e. The predicted octanol–water partition coefficient (Wildman–Crippen LogP) is 2.23. The van der Waals surface area contributed by atoms with Gasteiger partial charge in [0.1, 0.15) is 5.75 Å². The summed E-state index contributed by atoms with van der Waals surface area (Å²) in [6.45, 7) is 0. The van der Waals surface area contributed by atoms with Gasteiger partial charge in [-0.15, -0.1) is 11.8 Å². The van der Waals surface area contributed by atoms with Crippen LogP contribution in [0.5, 0.6) is 5.75 Å². The Labute approximate surface area is 95.2 Å². The highest BCUT2D eigenvalue weighted by atomic mass is 32.2. The lowest BCUT2D eigenvalue weighted by atomic mass is 9.88. The molecule has 0 aliphatic heterocycles. The van der Waals surface area contributed by atoms with Crippen LogP contribution in [0.2, 0.25) is 0 Å². The van der Waals surface area contributed by atoms with Crippen molar-refractivity contribution in [3.63, 3.8) is 0 Å². The Morgan fingerprint density at radius 2 is 2.20 bits per heavy atom. The summed E-state index contributed by atoms with van der Waals surface area (Å²) in [6.07, 6.45) is 5.25. The third kappa shape index (κ3) is 1.99. The fourth-order valence-electron chi connectivity index (χ4n) is 2.22. The summed E-state index contributed by atoms with van der Waals surface area (Å²) in [6, 6.07) is 4.51. The van der Waals surface area contributed by atoms with Crippen molar-refractivity contribution in [3.05, 3.63) is 23.3 Å². The summed E-state index contributed by atoms with van der Waals surface area (Å²) >= 11 is 1.81. The van der Waals surface area contributed by atoms with Crippen molar-refractivity contribution in [2.24, 2.45) is 5.73 Å². The lowest BCUT2D eigenvalue weighted by Crippen LogP contribution is -2.28. The molecular formula is C12H17NOS. The Morgan fingerprint density at radius 3 is 2.87 bits per heavy atom. The van der Waals surface area contributed by atoms with E-state index < -0.39 is 0 Å². The molecule has 15 heavy (non-hydrogen) atoms. The highest BCUT2D eigenvalue weighted by Gasteiger charge is 2.21. The SMILES string of the molecule is COc1ccc(SC)c2c1C[C@H](N)CC2. The van der Waals surface area contributed by atoms with Gasteiger partial charge in [0.25, 0.3) is 0 Å². The van der Waals surface area contributed by atoms with Gasteiger partial charge in [-0.1, -0.05) is 0 Å². The number of rotatable bonds is 2. The number of fused-ring (bicyclic) bond motifs is 1. The molecule has 0 radical (unpaired) electrons. The van der Waals surface area contributed by atoms with Gasteiger partial charge in [0.2, 0.25) is 0 Å². The molecule has 1 aliphatic rings. The molecule has 0 saturated carbocycles. The van der Waals surface area contributed by atoms with Crippen molar-refractivity contribution >= 4 is 11.8 Å². The molecule has 82 valence electrons. The summed E-state index contributed by atoms with van der Waals surface area (Å²) < 4.78 is 5.40. The van der Waals surface area contributed by atoms with Crippen molar-refractivity contribution in [1.29, 1.82) is 0 Å². The quantitative estimate of drug-likeness (QED) is 0.781. The van der Waals surface area contributed by atoms with Crippen molar-refractivity contribution in [1.82, 2.24) is 0 Å². The van der Waals surface area contributed by atoms with Crippen LogP contribution in [0.25, 0.3) is 0 Å². The molecule has 1 atom stereocenters. The second-order valence-electron chi connectivity index (χ2n) is 3.93. The van der Waals surface area contributed by atoms with Gasteiger partial charge >= 0.3 is 0 Å². The zero-order valence-electron chi connectivity index (χ0n) is 9.25. The van der Waals surface area contributed by atoms with Crippen LogP contribution in [0.1, 0.15) is 17.5 Å². The van der Waals surface area contributed by atoms with Crippen LogP contribution < -0.4 is 10.5 Å². The zero-order valence-corrected chi connectivity index (χ0v) is 10.1. The minimum absolute atomic E-state index is 0.295. The molecular weight excluding hydrogens is 206 g/mol. The summed E-state index contributed by atoms with van der Waals surface area (Å²) in [5.74, 6) is 0.998. The molecule has 0 spiro atoms. The second kappa shape index (κ2) is 4.45. The molecule has 0 fully saturated rings. The number of ether oxygens (including phenoxy) is 1. The first kappa shape index (κ1) is 10.8. The topological polar surface area (TPSA) is 35.2 Å². The molecule has 0 saturated heterocycles. The van der Waals surface area contributed by atoms with E-state index in [1.165, 1.54) is 16.0 Å². The molecule has 3 heteroatoms. The summed E-state index contributed by atoms with van der Waals surface area (Å²) in [7, 11) is 1.73. The highest BCUT2D eigenvalue weighted by molar-refractivity contribution is 7.98. The largest absolute Gasteiger partial charge is 0.496 e. The van der Waals surface area contributed by atoms with Crippen LogP contribution in [0.15, 0.2) is 17.0 Å². The first-order valence-electron chi connectivity index (χ1n) is 5.24. The first-order valence-corrected chi connectivity index (χ1v) is 6.47. The normalized spacial score (nSPS) is 19.8. The third-order valence-electron chi connectivity index (χ3n) is 3.02. The Balaban J connectivity index is 2.48. The van der Waals surface area contributed by atoms with Gasteiger partial charge in [-0.3, -0.25) is 0 Å². The fourth-order valence-corrected chi connectivity index (χ4v) is 2.90. The van der Waals surface area contributed by atoms with E-state index in [2.05, 4.69) is 18.4 Å². The monoisotopic (exact) mass is 223 g/mol. The maximum Gasteiger partial charge on any atom is 0.122 e. The lowest BCUT2D eigenvalue weighted by Gasteiger charge is -2.25. The van der Waals surface area contributed by atoms with E-state index in [9.17, 15) is 0 Å². The van der Waals surface area contributed by atoms with Gasteiger partial charge in [0.15, 0.2) is 0 Å². The number of hydrogen-bond donors (Lipinski definition) is 1. The smallest absolute Gasteiger partial charge is 0.122 e. The van der Waals surface area contributed by atoms with E-state index in [1.807, 2.05) is 11.8 Å². The molecule has 2 nitrogen and oxygen atoms in total. The number of nitrogens with two attached hydrogens (primary N) is 1. The predicted molar refractivity (Wildman–Crippen MR) is 64.8 cm³/mol. The summed E-state index contributed by atoms with van der Waals surface area (Å²) in [5.41, 5.74) is 8.77. The van der Waals surface area contributed by atoms with Gasteiger partial charge in [0.05, 0.1) is 7.11 Å². The molecule has 1 aromatic carbocycles. The number of hydrogen-bond acceptors (Lipinski definition) is 3. The zero-order chi connectivity index (χ0) is 10.8. The molecule has 0 amide bonds. The molecule has 0 aromatic heterocycles. The standard InChI is InChI=1S/C12H17NOS/c1-14-11-5-6-12(15-2)9-4-3-8(13)7-10(9)11/h5-6,8H,3-4,7,13H2,1-2H3/t8-/m1/s1. The number of thioether (sulfide) groups is 1. The molecule has 0 bridgehead atoms. The van der Waals surface area contributed by atoms with Gasteiger partial charge in [-0.2, -0.15) is 0 Å². The van der Waals surface area contributed by atoms with Crippen molar-refractivity contribution in [2.45, 2.75) is 30.2 Å². The van der Waals surface area contributed by atoms with Crippen LogP contribution in [0.4, 0.5) is 0 Å². The Bertz CT molecular complexity index is 365. The van der Waals surface area contributed by atoms with Gasteiger partial charge in [-0.05, 0) is 48.8 Å². The van der Waals surface area contributed by atoms with Crippen molar-refractivity contribution < 1.29 is 4.74 Å². The summed E-state index contributed by atoms with van der Waals surface area (Å²) in [4.78, 5) is 1.37.